The number of hydrogen-bond acceptors (Lipinski definition) is 4. The summed E-state index contributed by atoms with van der Waals surface area (Å²) in [6.45, 7) is 4.97. The van der Waals surface area contributed by atoms with Crippen LogP contribution < -0.4 is 4.74 Å². The smallest absolute Gasteiger partial charge is 0.145 e. The topological polar surface area (TPSA) is 55.8 Å². The van der Waals surface area contributed by atoms with E-state index in [1.165, 1.54) is 12.5 Å². The molecule has 0 aliphatic carbocycles. The lowest BCUT2D eigenvalue weighted by molar-refractivity contribution is -0.104. The van der Waals surface area contributed by atoms with Gasteiger partial charge in [0, 0.05) is 0 Å². The number of benzene rings is 2. The monoisotopic (exact) mass is 312 g/mol. The van der Waals surface area contributed by atoms with Gasteiger partial charge in [-0.1, -0.05) is 30.8 Å². The van der Waals surface area contributed by atoms with Crippen LogP contribution in [-0.2, 0) is 9.53 Å². The predicted octanol–water partition coefficient (Wildman–Crippen LogP) is 4.32. The fourth-order valence-electron chi connectivity index (χ4n) is 1.54. The van der Waals surface area contributed by atoms with Gasteiger partial charge in [-0.25, -0.2) is 0 Å². The van der Waals surface area contributed by atoms with E-state index in [1.54, 1.807) is 26.2 Å². The third-order valence-corrected chi connectivity index (χ3v) is 2.65. The van der Waals surface area contributed by atoms with Gasteiger partial charge in [-0.2, -0.15) is 0 Å². The Morgan fingerprint density at radius 3 is 1.91 bits per heavy atom. The molecule has 0 saturated carbocycles. The van der Waals surface area contributed by atoms with Crippen molar-refractivity contribution in [2.45, 2.75) is 6.92 Å². The Kier molecular flexibility index (Phi) is 7.72. The van der Waals surface area contributed by atoms with Crippen molar-refractivity contribution < 1.29 is 19.4 Å². The summed E-state index contributed by atoms with van der Waals surface area (Å²) in [5, 5.41) is 9.23. The Morgan fingerprint density at radius 1 is 1.00 bits per heavy atom. The Balaban J connectivity index is 0.000000463. The summed E-state index contributed by atoms with van der Waals surface area (Å²) in [6, 6.07) is 14.8. The lowest BCUT2D eigenvalue weighted by Gasteiger charge is -2.04. The summed E-state index contributed by atoms with van der Waals surface area (Å²) in [5.41, 5.74) is 2.69. The van der Waals surface area contributed by atoms with E-state index < -0.39 is 0 Å². The van der Waals surface area contributed by atoms with Gasteiger partial charge in [0.25, 0.3) is 0 Å². The van der Waals surface area contributed by atoms with Gasteiger partial charge in [0.2, 0.25) is 0 Å². The van der Waals surface area contributed by atoms with E-state index in [4.69, 9.17) is 9.47 Å². The molecule has 2 aromatic carbocycles. The molecule has 2 rings (SSSR count). The number of aromatic hydroxyl groups is 1. The molecular formula is C19H20O4. The van der Waals surface area contributed by atoms with Gasteiger partial charge >= 0.3 is 0 Å². The van der Waals surface area contributed by atoms with Crippen LogP contribution in [-0.4, -0.2) is 18.5 Å². The van der Waals surface area contributed by atoms with Gasteiger partial charge in [0.1, 0.15) is 30.3 Å². The minimum atomic E-state index is 0.267. The molecule has 0 saturated heterocycles. The van der Waals surface area contributed by atoms with E-state index in [1.807, 2.05) is 36.4 Å². The summed E-state index contributed by atoms with van der Waals surface area (Å²) in [7, 11) is 1.56. The molecule has 4 heteroatoms. The molecule has 0 aliphatic rings. The summed E-state index contributed by atoms with van der Waals surface area (Å²) < 4.78 is 10.0. The number of carbonyl (C=O) groups is 1. The largest absolute Gasteiger partial charge is 0.508 e. The van der Waals surface area contributed by atoms with Crippen LogP contribution in [0.5, 0.6) is 11.5 Å². The Bertz CT molecular complexity index is 640. The van der Waals surface area contributed by atoms with Gasteiger partial charge in [-0.05, 0) is 47.9 Å². The fourth-order valence-corrected chi connectivity index (χ4v) is 1.54. The maximum absolute atomic E-state index is 9.41. The quantitative estimate of drug-likeness (QED) is 0.507. The predicted molar refractivity (Wildman–Crippen MR) is 91.2 cm³/mol. The second-order valence-corrected chi connectivity index (χ2v) is 4.66. The first-order valence-electron chi connectivity index (χ1n) is 6.91. The lowest BCUT2D eigenvalue weighted by atomic mass is 10.1. The zero-order valence-corrected chi connectivity index (χ0v) is 13.2. The summed E-state index contributed by atoms with van der Waals surface area (Å²) in [5.74, 6) is 1.01. The lowest BCUT2D eigenvalue weighted by Crippen LogP contribution is -1.83. The SMILES string of the molecule is C=C(C)C=O.CO/C=C\Oc1ccc(-c2ccc(O)cc2)cc1. The molecule has 0 spiro atoms. The second kappa shape index (κ2) is 9.84. The molecule has 0 heterocycles. The molecule has 0 aromatic heterocycles. The first kappa shape index (κ1) is 18.0. The van der Waals surface area contributed by atoms with Crippen molar-refractivity contribution in [2.75, 3.05) is 7.11 Å². The summed E-state index contributed by atoms with van der Waals surface area (Å²) >= 11 is 0. The first-order valence-corrected chi connectivity index (χ1v) is 6.91. The minimum Gasteiger partial charge on any atom is -0.508 e. The van der Waals surface area contributed by atoms with Crippen molar-refractivity contribution >= 4 is 6.29 Å². The summed E-state index contributed by atoms with van der Waals surface area (Å²) in [4.78, 5) is 9.41. The first-order chi connectivity index (χ1) is 11.1. The molecule has 0 unspecified atom stereocenters. The van der Waals surface area contributed by atoms with Crippen molar-refractivity contribution in [3.05, 3.63) is 73.2 Å². The average Bonchev–Trinajstić information content (AvgIpc) is 2.57. The molecule has 120 valence electrons. The molecule has 0 fully saturated rings. The highest BCUT2D eigenvalue weighted by Gasteiger charge is 1.98. The molecule has 4 nitrogen and oxygen atoms in total. The van der Waals surface area contributed by atoms with Gasteiger partial charge in [0.15, 0.2) is 0 Å². The maximum Gasteiger partial charge on any atom is 0.145 e. The normalized spacial score (nSPS) is 9.65. The highest BCUT2D eigenvalue weighted by molar-refractivity contribution is 5.70. The molecule has 0 amide bonds. The maximum atomic E-state index is 9.41. The molecule has 0 bridgehead atoms. The number of carbonyl (C=O) groups excluding carboxylic acids is 1. The molecule has 0 radical (unpaired) electrons. The average molecular weight is 312 g/mol. The van der Waals surface area contributed by atoms with E-state index in [-0.39, 0.29) is 5.75 Å². The van der Waals surface area contributed by atoms with Gasteiger partial charge in [-0.3, -0.25) is 4.79 Å². The van der Waals surface area contributed by atoms with Crippen molar-refractivity contribution in [1.29, 1.82) is 0 Å². The number of phenols is 1. The van der Waals surface area contributed by atoms with Crippen molar-refractivity contribution in [2.24, 2.45) is 0 Å². The number of ether oxygens (including phenoxy) is 2. The highest BCUT2D eigenvalue weighted by atomic mass is 16.5. The molecular weight excluding hydrogens is 292 g/mol. The third kappa shape index (κ3) is 7.00. The van der Waals surface area contributed by atoms with E-state index in [9.17, 15) is 9.90 Å². The van der Waals surface area contributed by atoms with Gasteiger partial charge in [-0.15, -0.1) is 0 Å². The van der Waals surface area contributed by atoms with E-state index in [0.717, 1.165) is 23.2 Å². The Morgan fingerprint density at radius 2 is 1.48 bits per heavy atom. The van der Waals surface area contributed by atoms with Crippen LogP contribution in [0.2, 0.25) is 0 Å². The number of allylic oxidation sites excluding steroid dienone is 1. The van der Waals surface area contributed by atoms with Crippen molar-refractivity contribution in [3.8, 4) is 22.6 Å². The molecule has 1 N–H and O–H groups in total. The Hall–Kier alpha value is -3.01. The van der Waals surface area contributed by atoms with E-state index in [0.29, 0.717) is 5.57 Å². The number of methoxy groups -OCH3 is 1. The standard InChI is InChI=1S/C15H14O3.C4H6O/c1-17-10-11-18-15-8-4-13(5-9-15)12-2-6-14(16)7-3-12;1-4(2)3-5/h2-11,16H,1H3;3H,1H2,2H3/b11-10-;. The Labute approximate surface area is 136 Å². The van der Waals surface area contributed by atoms with Crippen LogP contribution in [0.25, 0.3) is 11.1 Å². The zero-order valence-electron chi connectivity index (χ0n) is 13.2. The van der Waals surface area contributed by atoms with Crippen LogP contribution in [0, 0.1) is 0 Å². The second-order valence-electron chi connectivity index (χ2n) is 4.66. The van der Waals surface area contributed by atoms with E-state index >= 15 is 0 Å². The van der Waals surface area contributed by atoms with E-state index in [2.05, 4.69) is 6.58 Å². The van der Waals surface area contributed by atoms with Gasteiger partial charge in [0.05, 0.1) is 7.11 Å². The van der Waals surface area contributed by atoms with Crippen molar-refractivity contribution in [3.63, 3.8) is 0 Å². The molecule has 2 aromatic rings. The van der Waals surface area contributed by atoms with Gasteiger partial charge < -0.3 is 14.6 Å². The minimum absolute atomic E-state index is 0.267. The number of aldehydes is 1. The molecule has 0 aliphatic heterocycles. The van der Waals surface area contributed by atoms with Crippen LogP contribution in [0.15, 0.2) is 73.2 Å². The zero-order chi connectivity index (χ0) is 17.1. The summed E-state index contributed by atoms with van der Waals surface area (Å²) in [6.07, 6.45) is 3.67. The van der Waals surface area contributed by atoms with Crippen LogP contribution in [0.3, 0.4) is 0 Å². The van der Waals surface area contributed by atoms with Crippen molar-refractivity contribution in [1.82, 2.24) is 0 Å². The number of rotatable bonds is 5. The van der Waals surface area contributed by atoms with Crippen LogP contribution >= 0.6 is 0 Å². The van der Waals surface area contributed by atoms with Crippen LogP contribution in [0.1, 0.15) is 6.92 Å². The highest BCUT2D eigenvalue weighted by Crippen LogP contribution is 2.24. The number of phenolic OH excluding ortho intramolecular Hbond substituents is 1. The fraction of sp³-hybridized carbons (Fsp3) is 0.105. The molecule has 23 heavy (non-hydrogen) atoms. The number of hydrogen-bond donors (Lipinski definition) is 1. The van der Waals surface area contributed by atoms with Crippen LogP contribution in [0.4, 0.5) is 0 Å². The molecule has 0 atom stereocenters. The third-order valence-electron chi connectivity index (χ3n) is 2.65.